The van der Waals surface area contributed by atoms with Crippen molar-refractivity contribution in [1.29, 1.82) is 0 Å². The van der Waals surface area contributed by atoms with Crippen molar-refractivity contribution in [3.8, 4) is 5.69 Å². The molecule has 0 aliphatic rings. The molecule has 1 aromatic heterocycles. The number of rotatable bonds is 3. The van der Waals surface area contributed by atoms with Gasteiger partial charge >= 0.3 is 5.69 Å². The van der Waals surface area contributed by atoms with Crippen LogP contribution in [0.25, 0.3) is 5.69 Å². The smallest absolute Gasteiger partial charge is 0.354 e. The van der Waals surface area contributed by atoms with Crippen molar-refractivity contribution >= 4 is 17.2 Å². The molecule has 3 N–H and O–H groups in total. The molecule has 0 atom stereocenters. The van der Waals surface area contributed by atoms with Crippen molar-refractivity contribution < 1.29 is 0 Å². The molecule has 1 aromatic carbocycles. The maximum atomic E-state index is 12.7. The van der Waals surface area contributed by atoms with E-state index in [4.69, 9.17) is 18.0 Å². The standard InChI is InChI=1S/C16H20N4O2S/c1-8-6-12(15(17)23)10(3)11(4)14(8)19-13(21)7-9(2)20(18-5)16(19)22/h6-7,18H,1-5H3,(H2,17,23). The Morgan fingerprint density at radius 1 is 1.13 bits per heavy atom. The minimum absolute atomic E-state index is 0.295. The fraction of sp³-hybridized carbons (Fsp3) is 0.312. The van der Waals surface area contributed by atoms with Crippen LogP contribution in [0.3, 0.4) is 0 Å². The lowest BCUT2D eigenvalue weighted by molar-refractivity contribution is 0.720. The molecule has 0 spiro atoms. The lowest BCUT2D eigenvalue weighted by Crippen LogP contribution is -2.42. The molecule has 0 aliphatic carbocycles. The van der Waals surface area contributed by atoms with E-state index < -0.39 is 5.69 Å². The van der Waals surface area contributed by atoms with Crippen LogP contribution in [0.15, 0.2) is 21.7 Å². The van der Waals surface area contributed by atoms with Gasteiger partial charge in [-0.05, 0) is 50.5 Å². The lowest BCUT2D eigenvalue weighted by Gasteiger charge is -2.19. The van der Waals surface area contributed by atoms with E-state index in [2.05, 4.69) is 5.43 Å². The molecule has 0 aliphatic heterocycles. The zero-order chi connectivity index (χ0) is 17.5. The molecule has 2 aromatic rings. The molecule has 122 valence electrons. The largest absolute Gasteiger partial charge is 0.389 e. The second-order valence-electron chi connectivity index (χ2n) is 5.50. The van der Waals surface area contributed by atoms with Gasteiger partial charge in [0, 0.05) is 24.4 Å². The second kappa shape index (κ2) is 6.00. The summed E-state index contributed by atoms with van der Waals surface area (Å²) in [6, 6.07) is 3.24. The Morgan fingerprint density at radius 2 is 1.74 bits per heavy atom. The third-order valence-electron chi connectivity index (χ3n) is 4.06. The third-order valence-corrected chi connectivity index (χ3v) is 4.28. The summed E-state index contributed by atoms with van der Waals surface area (Å²) < 4.78 is 2.50. The quantitative estimate of drug-likeness (QED) is 0.821. The van der Waals surface area contributed by atoms with Gasteiger partial charge in [0.1, 0.15) is 4.99 Å². The van der Waals surface area contributed by atoms with E-state index in [-0.39, 0.29) is 5.56 Å². The molecule has 0 radical (unpaired) electrons. The van der Waals surface area contributed by atoms with Crippen molar-refractivity contribution in [3.05, 3.63) is 60.9 Å². The van der Waals surface area contributed by atoms with Crippen LogP contribution in [0.2, 0.25) is 0 Å². The summed E-state index contributed by atoms with van der Waals surface area (Å²) >= 11 is 5.07. The minimum atomic E-state index is -0.439. The summed E-state index contributed by atoms with van der Waals surface area (Å²) in [7, 11) is 1.63. The van der Waals surface area contributed by atoms with Crippen LogP contribution in [0.5, 0.6) is 0 Å². The van der Waals surface area contributed by atoms with E-state index in [1.165, 1.54) is 15.3 Å². The van der Waals surface area contributed by atoms with E-state index in [9.17, 15) is 9.59 Å². The molecule has 6 nitrogen and oxygen atoms in total. The number of nitrogens with two attached hydrogens (primary N) is 1. The van der Waals surface area contributed by atoms with E-state index >= 15 is 0 Å². The second-order valence-corrected chi connectivity index (χ2v) is 5.94. The lowest BCUT2D eigenvalue weighted by atomic mass is 9.97. The number of hydrogen-bond donors (Lipinski definition) is 2. The van der Waals surface area contributed by atoms with Crippen LogP contribution < -0.4 is 22.4 Å². The van der Waals surface area contributed by atoms with Crippen LogP contribution >= 0.6 is 12.2 Å². The highest BCUT2D eigenvalue weighted by atomic mass is 32.1. The Morgan fingerprint density at radius 3 is 2.26 bits per heavy atom. The first kappa shape index (κ1) is 17.0. The van der Waals surface area contributed by atoms with Gasteiger partial charge in [0.05, 0.1) is 5.69 Å². The van der Waals surface area contributed by atoms with Crippen molar-refractivity contribution in [1.82, 2.24) is 9.24 Å². The molecule has 2 rings (SSSR count). The summed E-state index contributed by atoms with van der Waals surface area (Å²) in [6.07, 6.45) is 0. The summed E-state index contributed by atoms with van der Waals surface area (Å²) in [4.78, 5) is 25.4. The zero-order valence-electron chi connectivity index (χ0n) is 13.9. The van der Waals surface area contributed by atoms with Crippen molar-refractivity contribution in [2.75, 3.05) is 12.5 Å². The maximum absolute atomic E-state index is 12.7. The van der Waals surface area contributed by atoms with Crippen molar-refractivity contribution in [2.24, 2.45) is 5.73 Å². The summed E-state index contributed by atoms with van der Waals surface area (Å²) in [5, 5.41) is 0. The zero-order valence-corrected chi connectivity index (χ0v) is 14.7. The van der Waals surface area contributed by atoms with E-state index in [0.717, 1.165) is 22.3 Å². The number of benzene rings is 1. The molecule has 23 heavy (non-hydrogen) atoms. The molecular formula is C16H20N4O2S. The molecule has 0 unspecified atom stereocenters. The number of nitrogens with zero attached hydrogens (tertiary/aromatic N) is 2. The Kier molecular flexibility index (Phi) is 4.42. The first-order chi connectivity index (χ1) is 10.7. The number of nitrogens with one attached hydrogen (secondary N) is 1. The molecule has 0 fully saturated rings. The Bertz CT molecular complexity index is 925. The normalized spacial score (nSPS) is 10.7. The van der Waals surface area contributed by atoms with Crippen molar-refractivity contribution in [3.63, 3.8) is 0 Å². The minimum Gasteiger partial charge on any atom is -0.389 e. The van der Waals surface area contributed by atoms with Crippen LogP contribution in [-0.2, 0) is 0 Å². The summed E-state index contributed by atoms with van der Waals surface area (Å²) in [5.74, 6) is 0. The predicted molar refractivity (Wildman–Crippen MR) is 96.4 cm³/mol. The Labute approximate surface area is 139 Å². The maximum Gasteiger partial charge on any atom is 0.354 e. The van der Waals surface area contributed by atoms with Gasteiger partial charge in [-0.15, -0.1) is 0 Å². The molecule has 0 amide bonds. The van der Waals surface area contributed by atoms with Crippen LogP contribution in [0.1, 0.15) is 27.9 Å². The number of aryl methyl sites for hydroxylation is 2. The van der Waals surface area contributed by atoms with Gasteiger partial charge in [-0.2, -0.15) is 0 Å². The van der Waals surface area contributed by atoms with Crippen LogP contribution in [-0.4, -0.2) is 21.3 Å². The van der Waals surface area contributed by atoms with Crippen molar-refractivity contribution in [2.45, 2.75) is 27.7 Å². The number of thiocarbonyl (C=S) groups is 1. The Balaban J connectivity index is 2.95. The van der Waals surface area contributed by atoms with Crippen LogP contribution in [0, 0.1) is 27.7 Å². The molecule has 1 heterocycles. The molecule has 0 saturated carbocycles. The van der Waals surface area contributed by atoms with Gasteiger partial charge in [-0.1, -0.05) is 12.2 Å². The SMILES string of the molecule is CNn1c(C)cc(=O)n(-c2c(C)cc(C(N)=S)c(C)c2C)c1=O. The fourth-order valence-electron chi connectivity index (χ4n) is 2.80. The predicted octanol–water partition coefficient (Wildman–Crippen LogP) is 1.04. The van der Waals surface area contributed by atoms with Gasteiger partial charge in [-0.3, -0.25) is 4.79 Å². The molecular weight excluding hydrogens is 312 g/mol. The van der Waals surface area contributed by atoms with Gasteiger partial charge in [0.15, 0.2) is 0 Å². The summed E-state index contributed by atoms with van der Waals surface area (Å²) in [5.41, 5.74) is 12.0. The van der Waals surface area contributed by atoms with E-state index in [1.54, 1.807) is 14.0 Å². The average molecular weight is 332 g/mol. The fourth-order valence-corrected chi connectivity index (χ4v) is 3.01. The summed E-state index contributed by atoms with van der Waals surface area (Å²) in [6.45, 7) is 7.26. The topological polar surface area (TPSA) is 82.1 Å². The molecule has 0 saturated heterocycles. The van der Waals surface area contributed by atoms with Gasteiger partial charge in [-0.25, -0.2) is 14.0 Å². The highest BCUT2D eigenvalue weighted by Crippen LogP contribution is 2.24. The monoisotopic (exact) mass is 332 g/mol. The highest BCUT2D eigenvalue weighted by molar-refractivity contribution is 7.80. The number of aromatic nitrogens is 2. The molecule has 7 heteroatoms. The Hall–Kier alpha value is -2.41. The van der Waals surface area contributed by atoms with Gasteiger partial charge in [0.25, 0.3) is 5.56 Å². The molecule has 0 bridgehead atoms. The third kappa shape index (κ3) is 2.68. The number of hydrogen-bond acceptors (Lipinski definition) is 4. The first-order valence-corrected chi connectivity index (χ1v) is 7.56. The van der Waals surface area contributed by atoms with Gasteiger partial charge in [0.2, 0.25) is 0 Å². The van der Waals surface area contributed by atoms with E-state index in [1.807, 2.05) is 26.8 Å². The average Bonchev–Trinajstić information content (AvgIpc) is 2.46. The van der Waals surface area contributed by atoms with E-state index in [0.29, 0.717) is 16.4 Å². The highest BCUT2D eigenvalue weighted by Gasteiger charge is 2.18. The van der Waals surface area contributed by atoms with Gasteiger partial charge < -0.3 is 11.2 Å². The van der Waals surface area contributed by atoms with Crippen LogP contribution in [0.4, 0.5) is 0 Å². The first-order valence-electron chi connectivity index (χ1n) is 7.15.